The summed E-state index contributed by atoms with van der Waals surface area (Å²) < 4.78 is 34.2. The highest BCUT2D eigenvalue weighted by Crippen LogP contribution is 2.32. The van der Waals surface area contributed by atoms with Crippen molar-refractivity contribution in [2.45, 2.75) is 92.2 Å². The normalized spacial score (nSPS) is 11.2. The number of hydrogen-bond acceptors (Lipinski definition) is 11. The van der Waals surface area contributed by atoms with Crippen LogP contribution in [0.3, 0.4) is 0 Å². The summed E-state index contributed by atoms with van der Waals surface area (Å²) in [6.45, 7) is 13.8. The van der Waals surface area contributed by atoms with Gasteiger partial charge >= 0.3 is 8.25 Å². The maximum absolute atomic E-state index is 12.4. The second-order valence-electron chi connectivity index (χ2n) is 18.2. The molecule has 0 spiro atoms. The highest BCUT2D eigenvalue weighted by Gasteiger charge is 2.19. The van der Waals surface area contributed by atoms with Crippen molar-refractivity contribution < 1.29 is 22.4 Å². The van der Waals surface area contributed by atoms with Crippen LogP contribution in [-0.2, 0) is 52.4 Å². The molecule has 4 aromatic carbocycles. The van der Waals surface area contributed by atoms with Crippen LogP contribution in [0.2, 0.25) is 0 Å². The molecule has 11 nitrogen and oxygen atoms in total. The van der Waals surface area contributed by atoms with Gasteiger partial charge in [-0.05, 0) is 158 Å². The van der Waals surface area contributed by atoms with E-state index in [0.29, 0.717) is 64.1 Å². The Morgan fingerprint density at radius 3 is 1.40 bits per heavy atom. The fraction of sp³-hybridized carbons (Fsp3) is 0.393. The average molecular weight is 936 g/mol. The number of nitriles is 2. The molecule has 0 radical (unpaired) electrons. The fourth-order valence-corrected chi connectivity index (χ4v) is 8.86. The van der Waals surface area contributed by atoms with E-state index >= 15 is 0 Å². The number of furan rings is 2. The number of benzene rings is 4. The lowest BCUT2D eigenvalue weighted by atomic mass is 9.95. The van der Waals surface area contributed by atoms with Crippen LogP contribution >= 0.6 is 8.25 Å². The number of anilines is 2. The number of hydrogen-bond donors (Lipinski definition) is 4. The van der Waals surface area contributed by atoms with Gasteiger partial charge in [0.25, 0.3) is 0 Å². The van der Waals surface area contributed by atoms with Crippen molar-refractivity contribution >= 4 is 19.6 Å². The van der Waals surface area contributed by atoms with E-state index in [-0.39, 0.29) is 0 Å². The van der Waals surface area contributed by atoms with Gasteiger partial charge in [-0.3, -0.25) is 0 Å². The van der Waals surface area contributed by atoms with E-state index < -0.39 is 8.25 Å². The summed E-state index contributed by atoms with van der Waals surface area (Å²) in [7, 11) is -2.19. The Morgan fingerprint density at radius 2 is 1.00 bits per heavy atom. The topological polar surface area (TPSA) is 158 Å². The van der Waals surface area contributed by atoms with Crippen LogP contribution < -0.4 is 21.3 Å². The van der Waals surface area contributed by atoms with Gasteiger partial charge in [-0.1, -0.05) is 64.1 Å². The molecule has 6 aromatic rings. The molecule has 12 heteroatoms. The van der Waals surface area contributed by atoms with Crippen LogP contribution in [0.25, 0.3) is 22.3 Å². The largest absolute Gasteiger partial charge is 0.697 e. The van der Waals surface area contributed by atoms with Crippen molar-refractivity contribution in [3.05, 3.63) is 154 Å². The Kier molecular flexibility index (Phi) is 20.9. The second-order valence-corrected chi connectivity index (χ2v) is 19.2. The molecule has 2 heterocycles. The van der Waals surface area contributed by atoms with Gasteiger partial charge in [-0.15, -0.1) is 9.05 Å². The monoisotopic (exact) mass is 935 g/mol. The summed E-state index contributed by atoms with van der Waals surface area (Å²) in [4.78, 5) is 0. The van der Waals surface area contributed by atoms with Crippen LogP contribution in [0.1, 0.15) is 97.9 Å². The minimum absolute atomic E-state index is 0.336. The van der Waals surface area contributed by atoms with Gasteiger partial charge in [0.1, 0.15) is 13.2 Å². The minimum atomic E-state index is -2.19. The van der Waals surface area contributed by atoms with Crippen molar-refractivity contribution in [1.29, 1.82) is 10.5 Å². The van der Waals surface area contributed by atoms with E-state index in [2.05, 4.69) is 122 Å². The molecular weight excluding hydrogens is 868 g/mol. The first-order valence-corrected chi connectivity index (χ1v) is 25.3. The van der Waals surface area contributed by atoms with Gasteiger partial charge in [-0.2, -0.15) is 10.5 Å². The lowest BCUT2D eigenvalue weighted by Crippen LogP contribution is -2.16. The van der Waals surface area contributed by atoms with Gasteiger partial charge in [0.15, 0.2) is 0 Å². The molecule has 0 aliphatic carbocycles. The van der Waals surface area contributed by atoms with Gasteiger partial charge in [0.2, 0.25) is 0 Å². The summed E-state index contributed by atoms with van der Waals surface area (Å²) in [5.41, 5.74) is 14.8. The predicted octanol–water partition coefficient (Wildman–Crippen LogP) is 12.8. The average Bonchev–Trinajstić information content (AvgIpc) is 4.09. The van der Waals surface area contributed by atoms with Crippen LogP contribution in [-0.4, -0.2) is 39.4 Å². The van der Waals surface area contributed by atoms with E-state index in [1.807, 2.05) is 24.3 Å². The molecule has 0 saturated heterocycles. The molecule has 0 unspecified atom stereocenters. The molecule has 0 aliphatic rings. The molecule has 0 saturated carbocycles. The summed E-state index contributed by atoms with van der Waals surface area (Å²) in [5.74, 6) is 1.03. The van der Waals surface area contributed by atoms with Crippen molar-refractivity contribution in [2.24, 2.45) is 11.8 Å². The zero-order valence-corrected chi connectivity index (χ0v) is 41.1. The molecule has 0 amide bonds. The van der Waals surface area contributed by atoms with Crippen molar-refractivity contribution in [1.82, 2.24) is 10.6 Å². The summed E-state index contributed by atoms with van der Waals surface area (Å²) in [6.07, 6.45) is 13.8. The fourth-order valence-electron chi connectivity index (χ4n) is 8.23. The summed E-state index contributed by atoms with van der Waals surface area (Å²) >= 11 is 0. The van der Waals surface area contributed by atoms with Gasteiger partial charge in [-0.25, -0.2) is 0 Å². The quantitative estimate of drug-likeness (QED) is 0.0252. The lowest BCUT2D eigenvalue weighted by molar-refractivity contribution is 0.220. The zero-order chi connectivity index (χ0) is 47.9. The Bertz CT molecular complexity index is 2380. The Hall–Kier alpha value is -6.04. The Labute approximate surface area is 404 Å². The number of aryl methyl sites for hydroxylation is 2. The van der Waals surface area contributed by atoms with Crippen molar-refractivity contribution in [3.63, 3.8) is 0 Å². The molecule has 68 heavy (non-hydrogen) atoms. The first-order chi connectivity index (χ1) is 33.2. The first-order valence-electron chi connectivity index (χ1n) is 24.2. The second kappa shape index (κ2) is 27.7. The van der Waals surface area contributed by atoms with Crippen molar-refractivity contribution in [3.8, 4) is 34.4 Å². The third-order valence-corrected chi connectivity index (χ3v) is 12.4. The van der Waals surface area contributed by atoms with Gasteiger partial charge in [0.05, 0.1) is 48.3 Å². The van der Waals surface area contributed by atoms with Gasteiger partial charge in [0, 0.05) is 64.4 Å². The highest BCUT2D eigenvalue weighted by atomic mass is 31.1. The number of nitrogens with one attached hydrogen (secondary N) is 4. The Morgan fingerprint density at radius 1 is 0.559 bits per heavy atom. The van der Waals surface area contributed by atoms with Crippen LogP contribution in [0.4, 0.5) is 11.4 Å². The smallest absolute Gasteiger partial charge is 0.472 e. The number of nitrogens with zero attached hydrogens (tertiary/aromatic N) is 2. The van der Waals surface area contributed by atoms with E-state index in [0.717, 1.165) is 119 Å². The molecular formula is C56H68N6O5P+. The molecule has 0 aliphatic heterocycles. The lowest BCUT2D eigenvalue weighted by Gasteiger charge is -2.14. The van der Waals surface area contributed by atoms with Crippen LogP contribution in [0, 0.1) is 34.5 Å². The third-order valence-electron chi connectivity index (χ3n) is 11.6. The van der Waals surface area contributed by atoms with Gasteiger partial charge < -0.3 is 30.1 Å². The Balaban J connectivity index is 0.839. The van der Waals surface area contributed by atoms with E-state index in [9.17, 15) is 15.1 Å². The highest BCUT2D eigenvalue weighted by molar-refractivity contribution is 7.33. The standard InChI is InChI=1S/C56H68N6O5P/c1-41(2)29-47-15-11-43(31-51(47)35-57)9-5-23-61-55-17-13-45(33-53(55)49-19-27-64-39-49)37-59-21-7-25-66-68(63)67-26-8-22-60-38-46-14-18-56(54(34-46)50-20-28-65-40-50)62-24-6-10-44-12-16-48(30-42(3)4)52(32-44)36-58/h11-20,27-28,31-34,39-42,59-62H,5-10,21-26,29-30,37-38H2,1-4H3/q+1. The predicted molar refractivity (Wildman–Crippen MR) is 273 cm³/mol. The molecule has 356 valence electrons. The van der Waals surface area contributed by atoms with Crippen molar-refractivity contribution in [2.75, 3.05) is 50.0 Å². The maximum Gasteiger partial charge on any atom is 0.697 e. The third kappa shape index (κ3) is 16.6. The van der Waals surface area contributed by atoms with E-state index in [4.69, 9.17) is 17.9 Å². The molecule has 2 aromatic heterocycles. The van der Waals surface area contributed by atoms with E-state index in [1.165, 1.54) is 11.1 Å². The number of rotatable bonds is 30. The molecule has 0 bridgehead atoms. The molecule has 0 fully saturated rings. The van der Waals surface area contributed by atoms with Crippen LogP contribution in [0.5, 0.6) is 0 Å². The van der Waals surface area contributed by atoms with E-state index in [1.54, 1.807) is 25.1 Å². The van der Waals surface area contributed by atoms with Crippen LogP contribution in [0.15, 0.2) is 119 Å². The molecule has 0 atom stereocenters. The zero-order valence-electron chi connectivity index (χ0n) is 40.2. The summed E-state index contributed by atoms with van der Waals surface area (Å²) in [5, 5.41) is 33.5. The first kappa shape index (κ1) is 51.4. The summed E-state index contributed by atoms with van der Waals surface area (Å²) in [6, 6.07) is 34.2. The SMILES string of the molecule is CC(C)Cc1ccc(CCCNc2ccc(CNCCCO[P+](=O)OCCCNCc3ccc(NCCCc4ccc(CC(C)C)c(C#N)c4)c(-c4ccoc4)c3)cc2-c2ccoc2)cc1C#N. The molecule has 4 N–H and O–H groups in total. The maximum atomic E-state index is 12.4. The molecule has 6 rings (SSSR count). The minimum Gasteiger partial charge on any atom is -0.472 e.